The molecular weight excluding hydrogens is 208 g/mol. The highest BCUT2D eigenvalue weighted by atomic mass is 15.2. The van der Waals surface area contributed by atoms with Gasteiger partial charge in [0.2, 0.25) is 0 Å². The molecule has 0 radical (unpaired) electrons. The van der Waals surface area contributed by atoms with Crippen LogP contribution in [0.25, 0.3) is 0 Å². The lowest BCUT2D eigenvalue weighted by atomic mass is 10.0. The second-order valence-electron chi connectivity index (χ2n) is 5.34. The second kappa shape index (κ2) is 5.09. The van der Waals surface area contributed by atoms with Crippen molar-refractivity contribution < 1.29 is 0 Å². The van der Waals surface area contributed by atoms with Crippen LogP contribution in [-0.4, -0.2) is 25.2 Å². The van der Waals surface area contributed by atoms with Crippen LogP contribution in [0.3, 0.4) is 0 Å². The van der Waals surface area contributed by atoms with E-state index >= 15 is 0 Å². The fourth-order valence-electron chi connectivity index (χ4n) is 2.95. The third-order valence-corrected chi connectivity index (χ3v) is 3.83. The number of nitrogens with zero attached hydrogens (tertiary/aromatic N) is 1. The van der Waals surface area contributed by atoms with Gasteiger partial charge in [-0.25, -0.2) is 0 Å². The summed E-state index contributed by atoms with van der Waals surface area (Å²) in [5.41, 5.74) is 4.23. The average Bonchev–Trinajstić information content (AvgIpc) is 2.43. The predicted molar refractivity (Wildman–Crippen MR) is 74.8 cm³/mol. The summed E-state index contributed by atoms with van der Waals surface area (Å²) in [7, 11) is 0. The molecule has 17 heavy (non-hydrogen) atoms. The van der Waals surface area contributed by atoms with E-state index in [0.717, 1.165) is 13.1 Å². The maximum Gasteiger partial charge on any atom is 0.0430 e. The van der Waals surface area contributed by atoms with Crippen molar-refractivity contribution >= 4 is 5.69 Å². The van der Waals surface area contributed by atoms with Gasteiger partial charge in [-0.2, -0.15) is 0 Å². The van der Waals surface area contributed by atoms with Crippen LogP contribution in [0, 0.1) is 13.8 Å². The van der Waals surface area contributed by atoms with Crippen molar-refractivity contribution in [2.24, 2.45) is 0 Å². The van der Waals surface area contributed by atoms with Gasteiger partial charge in [-0.05, 0) is 51.8 Å². The minimum Gasteiger partial charge on any atom is -0.364 e. The van der Waals surface area contributed by atoms with E-state index < -0.39 is 0 Å². The summed E-state index contributed by atoms with van der Waals surface area (Å²) in [5.74, 6) is 0. The van der Waals surface area contributed by atoms with Crippen LogP contribution < -0.4 is 10.2 Å². The zero-order chi connectivity index (χ0) is 12.4. The number of rotatable bonds is 1. The maximum atomic E-state index is 3.52. The molecule has 1 aliphatic heterocycles. The van der Waals surface area contributed by atoms with Gasteiger partial charge in [0, 0.05) is 24.3 Å². The van der Waals surface area contributed by atoms with Gasteiger partial charge in [0.25, 0.3) is 0 Å². The highest BCUT2D eigenvalue weighted by molar-refractivity contribution is 5.60. The molecule has 1 aromatic carbocycles. The lowest BCUT2D eigenvalue weighted by Gasteiger charge is -2.36. The number of benzene rings is 1. The van der Waals surface area contributed by atoms with Gasteiger partial charge in [0.1, 0.15) is 0 Å². The van der Waals surface area contributed by atoms with Crippen molar-refractivity contribution in [2.75, 3.05) is 18.0 Å². The lowest BCUT2D eigenvalue weighted by molar-refractivity contribution is 0.573. The summed E-state index contributed by atoms with van der Waals surface area (Å²) >= 11 is 0. The maximum absolute atomic E-state index is 3.52. The van der Waals surface area contributed by atoms with Crippen molar-refractivity contribution in [2.45, 2.75) is 46.2 Å². The molecule has 2 rings (SSSR count). The summed E-state index contributed by atoms with van der Waals surface area (Å²) in [5, 5.41) is 3.52. The molecule has 1 heterocycles. The Morgan fingerprint density at radius 2 is 1.76 bits per heavy atom. The average molecular weight is 232 g/mol. The van der Waals surface area contributed by atoms with E-state index in [2.05, 4.69) is 56.1 Å². The topological polar surface area (TPSA) is 15.3 Å². The van der Waals surface area contributed by atoms with E-state index in [1.54, 1.807) is 0 Å². The highest BCUT2D eigenvalue weighted by Gasteiger charge is 2.25. The Kier molecular flexibility index (Phi) is 3.72. The Bertz CT molecular complexity index is 354. The first-order chi connectivity index (χ1) is 8.11. The van der Waals surface area contributed by atoms with Crippen molar-refractivity contribution in [1.29, 1.82) is 0 Å². The van der Waals surface area contributed by atoms with Crippen LogP contribution in [0.5, 0.6) is 0 Å². The molecule has 1 saturated heterocycles. The van der Waals surface area contributed by atoms with Crippen LogP contribution in [0.15, 0.2) is 18.2 Å². The van der Waals surface area contributed by atoms with Crippen LogP contribution in [0.2, 0.25) is 0 Å². The van der Waals surface area contributed by atoms with Gasteiger partial charge in [-0.1, -0.05) is 18.2 Å². The number of anilines is 1. The van der Waals surface area contributed by atoms with Crippen molar-refractivity contribution in [3.05, 3.63) is 29.3 Å². The predicted octanol–water partition coefficient (Wildman–Crippen LogP) is 2.88. The second-order valence-corrected chi connectivity index (χ2v) is 5.34. The zero-order valence-corrected chi connectivity index (χ0v) is 11.5. The number of para-hydroxylation sites is 1. The molecule has 2 nitrogen and oxygen atoms in total. The van der Waals surface area contributed by atoms with Crippen molar-refractivity contribution in [1.82, 2.24) is 5.32 Å². The van der Waals surface area contributed by atoms with Crippen LogP contribution in [-0.2, 0) is 0 Å². The molecule has 1 aromatic rings. The van der Waals surface area contributed by atoms with E-state index in [1.807, 2.05) is 0 Å². The number of hydrogen-bond donors (Lipinski definition) is 1. The monoisotopic (exact) mass is 232 g/mol. The first-order valence-corrected chi connectivity index (χ1v) is 6.66. The molecule has 2 atom stereocenters. The molecular formula is C15H24N2. The molecule has 0 aliphatic carbocycles. The third kappa shape index (κ3) is 2.47. The summed E-state index contributed by atoms with van der Waals surface area (Å²) in [4.78, 5) is 2.60. The summed E-state index contributed by atoms with van der Waals surface area (Å²) in [6.45, 7) is 11.3. The standard InChI is InChI=1S/C15H24N2/c1-11-6-5-7-12(2)15(11)17-13(3)8-9-16-10-14(17)4/h5-7,13-14,16H,8-10H2,1-4H3. The van der Waals surface area contributed by atoms with E-state index in [0.29, 0.717) is 12.1 Å². The first kappa shape index (κ1) is 12.4. The Labute approximate surface area is 105 Å². The Hall–Kier alpha value is -1.02. The van der Waals surface area contributed by atoms with Crippen molar-refractivity contribution in [3.8, 4) is 0 Å². The van der Waals surface area contributed by atoms with Gasteiger partial charge < -0.3 is 10.2 Å². The molecule has 0 aromatic heterocycles. The fraction of sp³-hybridized carbons (Fsp3) is 0.600. The van der Waals surface area contributed by atoms with E-state index in [-0.39, 0.29) is 0 Å². The van der Waals surface area contributed by atoms with Crippen LogP contribution in [0.1, 0.15) is 31.4 Å². The van der Waals surface area contributed by atoms with Gasteiger partial charge in [0.15, 0.2) is 0 Å². The number of hydrogen-bond acceptors (Lipinski definition) is 2. The molecule has 2 heteroatoms. The minimum atomic E-state index is 0.562. The molecule has 2 unspecified atom stereocenters. The molecule has 0 saturated carbocycles. The molecule has 0 spiro atoms. The van der Waals surface area contributed by atoms with Gasteiger partial charge >= 0.3 is 0 Å². The molecule has 1 aliphatic rings. The molecule has 0 bridgehead atoms. The Morgan fingerprint density at radius 1 is 1.12 bits per heavy atom. The quantitative estimate of drug-likeness (QED) is 0.801. The zero-order valence-electron chi connectivity index (χ0n) is 11.5. The molecule has 1 fully saturated rings. The Balaban J connectivity index is 2.41. The summed E-state index contributed by atoms with van der Waals surface area (Å²) < 4.78 is 0. The van der Waals surface area contributed by atoms with Crippen LogP contribution in [0.4, 0.5) is 5.69 Å². The fourth-order valence-corrected chi connectivity index (χ4v) is 2.95. The molecule has 1 N–H and O–H groups in total. The van der Waals surface area contributed by atoms with Gasteiger partial charge in [0.05, 0.1) is 0 Å². The molecule has 94 valence electrons. The van der Waals surface area contributed by atoms with Gasteiger partial charge in [-0.3, -0.25) is 0 Å². The Morgan fingerprint density at radius 3 is 2.41 bits per heavy atom. The van der Waals surface area contributed by atoms with Crippen molar-refractivity contribution in [3.63, 3.8) is 0 Å². The SMILES string of the molecule is Cc1cccc(C)c1N1C(C)CCNCC1C. The summed E-state index contributed by atoms with van der Waals surface area (Å²) in [6, 6.07) is 7.77. The van der Waals surface area contributed by atoms with E-state index in [4.69, 9.17) is 0 Å². The molecule has 0 amide bonds. The third-order valence-electron chi connectivity index (χ3n) is 3.83. The highest BCUT2D eigenvalue weighted by Crippen LogP contribution is 2.29. The van der Waals surface area contributed by atoms with E-state index in [9.17, 15) is 0 Å². The first-order valence-electron chi connectivity index (χ1n) is 6.66. The van der Waals surface area contributed by atoms with E-state index in [1.165, 1.54) is 23.2 Å². The van der Waals surface area contributed by atoms with Crippen LogP contribution >= 0.6 is 0 Å². The number of nitrogens with one attached hydrogen (secondary N) is 1. The minimum absolute atomic E-state index is 0.562. The largest absolute Gasteiger partial charge is 0.364 e. The van der Waals surface area contributed by atoms with Gasteiger partial charge in [-0.15, -0.1) is 0 Å². The normalized spacial score (nSPS) is 25.8. The lowest BCUT2D eigenvalue weighted by Crippen LogP contribution is -2.42. The number of aryl methyl sites for hydroxylation is 2. The smallest absolute Gasteiger partial charge is 0.0430 e. The summed E-state index contributed by atoms with van der Waals surface area (Å²) in [6.07, 6.45) is 1.22.